The number of methoxy groups -OCH3 is 1. The van der Waals surface area contributed by atoms with E-state index in [1.165, 1.54) is 0 Å². The third kappa shape index (κ3) is 2.93. The standard InChI is InChI=1S/C12H17ClN2O3/c1-16-10-6-8(2-3-9(10)13)12(15-14)11-7-17-4-5-18-11/h2-3,6,11-12,15H,4-5,7,14H2,1H3. The Morgan fingerprint density at radius 1 is 1.50 bits per heavy atom. The molecule has 0 aliphatic carbocycles. The molecule has 0 bridgehead atoms. The van der Waals surface area contributed by atoms with E-state index < -0.39 is 0 Å². The molecule has 1 heterocycles. The van der Waals surface area contributed by atoms with Crippen LogP contribution in [0, 0.1) is 0 Å². The van der Waals surface area contributed by atoms with Gasteiger partial charge in [-0.3, -0.25) is 11.3 Å². The first-order valence-electron chi connectivity index (χ1n) is 5.75. The first-order valence-corrected chi connectivity index (χ1v) is 6.13. The van der Waals surface area contributed by atoms with Gasteiger partial charge in [-0.05, 0) is 17.7 Å². The Hall–Kier alpha value is -0.850. The second-order valence-corrected chi connectivity index (χ2v) is 4.43. The minimum absolute atomic E-state index is 0.116. The number of nitrogens with one attached hydrogen (secondary N) is 1. The lowest BCUT2D eigenvalue weighted by atomic mass is 10.0. The molecule has 0 spiro atoms. The van der Waals surface area contributed by atoms with Crippen molar-refractivity contribution in [3.63, 3.8) is 0 Å². The monoisotopic (exact) mass is 272 g/mol. The first kappa shape index (κ1) is 13.6. The molecule has 0 saturated carbocycles. The van der Waals surface area contributed by atoms with Crippen LogP contribution in [-0.2, 0) is 9.47 Å². The van der Waals surface area contributed by atoms with Gasteiger partial charge in [0.25, 0.3) is 0 Å². The van der Waals surface area contributed by atoms with Crippen molar-refractivity contribution in [3.8, 4) is 5.75 Å². The maximum Gasteiger partial charge on any atom is 0.137 e. The van der Waals surface area contributed by atoms with E-state index in [0.717, 1.165) is 5.56 Å². The Labute approximate surface area is 111 Å². The lowest BCUT2D eigenvalue weighted by molar-refractivity contribution is -0.102. The van der Waals surface area contributed by atoms with Crippen LogP contribution >= 0.6 is 11.6 Å². The van der Waals surface area contributed by atoms with Gasteiger partial charge in [-0.1, -0.05) is 17.7 Å². The molecule has 100 valence electrons. The fourth-order valence-electron chi connectivity index (χ4n) is 1.99. The molecule has 3 N–H and O–H groups in total. The van der Waals surface area contributed by atoms with E-state index in [1.807, 2.05) is 12.1 Å². The normalized spacial score (nSPS) is 21.6. The molecule has 1 aliphatic heterocycles. The molecule has 0 amide bonds. The Morgan fingerprint density at radius 2 is 2.33 bits per heavy atom. The molecule has 2 atom stereocenters. The molecule has 1 aromatic rings. The summed E-state index contributed by atoms with van der Waals surface area (Å²) in [5.41, 5.74) is 3.71. The largest absolute Gasteiger partial charge is 0.495 e. The molecule has 2 unspecified atom stereocenters. The van der Waals surface area contributed by atoms with Crippen molar-refractivity contribution < 1.29 is 14.2 Å². The highest BCUT2D eigenvalue weighted by atomic mass is 35.5. The molecule has 1 aliphatic rings. The summed E-state index contributed by atoms with van der Waals surface area (Å²) in [4.78, 5) is 0. The summed E-state index contributed by atoms with van der Waals surface area (Å²) in [5.74, 6) is 6.22. The van der Waals surface area contributed by atoms with E-state index in [4.69, 9.17) is 31.7 Å². The van der Waals surface area contributed by atoms with Gasteiger partial charge in [-0.2, -0.15) is 0 Å². The van der Waals surface area contributed by atoms with E-state index in [0.29, 0.717) is 30.6 Å². The highest BCUT2D eigenvalue weighted by molar-refractivity contribution is 6.32. The summed E-state index contributed by atoms with van der Waals surface area (Å²) in [6.07, 6.45) is -0.116. The predicted molar refractivity (Wildman–Crippen MR) is 68.6 cm³/mol. The Kier molecular flexibility index (Phi) is 4.79. The number of hydrazine groups is 1. The summed E-state index contributed by atoms with van der Waals surface area (Å²) in [6, 6.07) is 5.37. The first-order chi connectivity index (χ1) is 8.76. The third-order valence-corrected chi connectivity index (χ3v) is 3.24. The zero-order valence-corrected chi connectivity index (χ0v) is 10.9. The average Bonchev–Trinajstić information content (AvgIpc) is 2.42. The maximum absolute atomic E-state index is 6.00. The predicted octanol–water partition coefficient (Wildman–Crippen LogP) is 1.27. The molecule has 1 saturated heterocycles. The summed E-state index contributed by atoms with van der Waals surface area (Å²) in [5, 5.41) is 0.567. The number of ether oxygens (including phenoxy) is 3. The maximum atomic E-state index is 6.00. The quantitative estimate of drug-likeness (QED) is 0.638. The van der Waals surface area contributed by atoms with E-state index in [1.54, 1.807) is 13.2 Å². The van der Waals surface area contributed by atoms with Crippen LogP contribution in [0.4, 0.5) is 0 Å². The molecule has 18 heavy (non-hydrogen) atoms. The Morgan fingerprint density at radius 3 is 2.94 bits per heavy atom. The lowest BCUT2D eigenvalue weighted by Crippen LogP contribution is -2.43. The van der Waals surface area contributed by atoms with Crippen LogP contribution in [0.3, 0.4) is 0 Å². The van der Waals surface area contributed by atoms with Gasteiger partial charge in [0.05, 0.1) is 38.0 Å². The molecule has 6 heteroatoms. The zero-order valence-electron chi connectivity index (χ0n) is 10.2. The van der Waals surface area contributed by atoms with Gasteiger partial charge >= 0.3 is 0 Å². The number of rotatable bonds is 4. The van der Waals surface area contributed by atoms with Crippen molar-refractivity contribution in [2.24, 2.45) is 5.84 Å². The van der Waals surface area contributed by atoms with Crippen LogP contribution < -0.4 is 16.0 Å². The highest BCUT2D eigenvalue weighted by Gasteiger charge is 2.26. The Bertz CT molecular complexity index is 397. The van der Waals surface area contributed by atoms with Gasteiger partial charge in [0.2, 0.25) is 0 Å². The lowest BCUT2D eigenvalue weighted by Gasteiger charge is -2.30. The van der Waals surface area contributed by atoms with Crippen molar-refractivity contribution in [1.82, 2.24) is 5.43 Å². The summed E-state index contributed by atoms with van der Waals surface area (Å²) in [7, 11) is 1.58. The van der Waals surface area contributed by atoms with Gasteiger partial charge in [0.1, 0.15) is 11.9 Å². The minimum Gasteiger partial charge on any atom is -0.495 e. The smallest absolute Gasteiger partial charge is 0.137 e. The minimum atomic E-state index is -0.156. The van der Waals surface area contributed by atoms with Crippen LogP contribution in [0.25, 0.3) is 0 Å². The van der Waals surface area contributed by atoms with Crippen molar-refractivity contribution in [2.75, 3.05) is 26.9 Å². The van der Waals surface area contributed by atoms with Crippen LogP contribution in [0.1, 0.15) is 11.6 Å². The summed E-state index contributed by atoms with van der Waals surface area (Å²) >= 11 is 6.00. The van der Waals surface area contributed by atoms with Gasteiger partial charge in [0, 0.05) is 0 Å². The molecule has 1 fully saturated rings. The van der Waals surface area contributed by atoms with Crippen molar-refractivity contribution in [2.45, 2.75) is 12.1 Å². The second-order valence-electron chi connectivity index (χ2n) is 4.02. The summed E-state index contributed by atoms with van der Waals surface area (Å²) < 4.78 is 16.2. The van der Waals surface area contributed by atoms with Gasteiger partial charge in [0.15, 0.2) is 0 Å². The van der Waals surface area contributed by atoms with E-state index in [-0.39, 0.29) is 12.1 Å². The van der Waals surface area contributed by atoms with Crippen LogP contribution in [-0.4, -0.2) is 33.0 Å². The fourth-order valence-corrected chi connectivity index (χ4v) is 2.18. The van der Waals surface area contributed by atoms with Crippen LogP contribution in [0.15, 0.2) is 18.2 Å². The Balaban J connectivity index is 2.20. The molecule has 0 aromatic heterocycles. The number of halogens is 1. The van der Waals surface area contributed by atoms with Gasteiger partial charge in [-0.15, -0.1) is 0 Å². The number of hydrogen-bond donors (Lipinski definition) is 2. The molecule has 5 nitrogen and oxygen atoms in total. The van der Waals surface area contributed by atoms with Gasteiger partial charge < -0.3 is 14.2 Å². The van der Waals surface area contributed by atoms with E-state index >= 15 is 0 Å². The SMILES string of the molecule is COc1cc(C(NN)C2COCCO2)ccc1Cl. The molecule has 2 rings (SSSR count). The van der Waals surface area contributed by atoms with Crippen molar-refractivity contribution in [3.05, 3.63) is 28.8 Å². The highest BCUT2D eigenvalue weighted by Crippen LogP contribution is 2.29. The molecule has 1 aromatic carbocycles. The zero-order chi connectivity index (χ0) is 13.0. The number of hydrogen-bond acceptors (Lipinski definition) is 5. The van der Waals surface area contributed by atoms with Crippen LogP contribution in [0.2, 0.25) is 5.02 Å². The summed E-state index contributed by atoms with van der Waals surface area (Å²) in [6.45, 7) is 1.71. The van der Waals surface area contributed by atoms with Crippen molar-refractivity contribution >= 4 is 11.6 Å². The molecule has 0 radical (unpaired) electrons. The molecular weight excluding hydrogens is 256 g/mol. The number of nitrogens with two attached hydrogens (primary N) is 1. The van der Waals surface area contributed by atoms with Crippen LogP contribution in [0.5, 0.6) is 5.75 Å². The third-order valence-electron chi connectivity index (χ3n) is 2.93. The molecular formula is C12H17ClN2O3. The average molecular weight is 273 g/mol. The fraction of sp³-hybridized carbons (Fsp3) is 0.500. The van der Waals surface area contributed by atoms with E-state index in [9.17, 15) is 0 Å². The second kappa shape index (κ2) is 6.36. The van der Waals surface area contributed by atoms with E-state index in [2.05, 4.69) is 5.43 Å². The van der Waals surface area contributed by atoms with Crippen molar-refractivity contribution in [1.29, 1.82) is 0 Å². The topological polar surface area (TPSA) is 65.7 Å². The van der Waals surface area contributed by atoms with Gasteiger partial charge in [-0.25, -0.2) is 0 Å². The number of benzene rings is 1.